The van der Waals surface area contributed by atoms with Crippen LogP contribution >= 0.6 is 0 Å². The van der Waals surface area contributed by atoms with Crippen LogP contribution in [-0.4, -0.2) is 38.3 Å². The fourth-order valence-corrected chi connectivity index (χ4v) is 3.71. The maximum Gasteiger partial charge on any atom is 0.279 e. The predicted octanol–water partition coefficient (Wildman–Crippen LogP) is 1.25. The molecule has 2 rings (SSSR count). The van der Waals surface area contributed by atoms with E-state index in [1.54, 1.807) is 39.0 Å². The molecule has 1 aromatic rings. The maximum atomic E-state index is 12.2. The molecule has 1 aromatic carbocycles. The van der Waals surface area contributed by atoms with Gasteiger partial charge in [-0.2, -0.15) is 17.4 Å². The number of carbonyl (C=O) groups excluding carboxylic acids is 1. The summed E-state index contributed by atoms with van der Waals surface area (Å²) in [6, 6.07) is 4.81. The highest BCUT2D eigenvalue weighted by atomic mass is 32.2. The largest absolute Gasteiger partial charge is 0.482 e. The number of fused-ring (bicyclic) bond motifs is 1. The van der Waals surface area contributed by atoms with Crippen LogP contribution in [0.15, 0.2) is 18.2 Å². The fourth-order valence-electron chi connectivity index (χ4n) is 2.30. The number of nitrogens with one attached hydrogen (secondary N) is 2. The highest BCUT2D eigenvalue weighted by Gasteiger charge is 2.23. The summed E-state index contributed by atoms with van der Waals surface area (Å²) in [6.45, 7) is 6.16. The highest BCUT2D eigenvalue weighted by Crippen LogP contribution is 2.30. The van der Waals surface area contributed by atoms with Crippen molar-refractivity contribution < 1.29 is 17.9 Å². The van der Waals surface area contributed by atoms with E-state index >= 15 is 0 Å². The minimum Gasteiger partial charge on any atom is -0.482 e. The minimum absolute atomic E-state index is 0.00348. The van der Waals surface area contributed by atoms with Crippen molar-refractivity contribution in [3.8, 4) is 5.75 Å². The average molecular weight is 327 g/mol. The SMILES string of the molecule is CCN(CC)S(=O)(=O)N[C@@H](C)c1ccc2c(c1)NC(=O)CO2. The van der Waals surface area contributed by atoms with Crippen LogP contribution in [-0.2, 0) is 15.0 Å². The van der Waals surface area contributed by atoms with E-state index in [0.717, 1.165) is 5.56 Å². The third-order valence-electron chi connectivity index (χ3n) is 3.51. The van der Waals surface area contributed by atoms with Crippen LogP contribution < -0.4 is 14.8 Å². The topological polar surface area (TPSA) is 87.7 Å². The number of ether oxygens (including phenoxy) is 1. The molecule has 0 saturated carbocycles. The lowest BCUT2D eigenvalue weighted by Crippen LogP contribution is -2.41. The molecule has 0 bridgehead atoms. The van der Waals surface area contributed by atoms with Gasteiger partial charge in [0.1, 0.15) is 5.75 Å². The third kappa shape index (κ3) is 3.57. The molecule has 0 radical (unpaired) electrons. The molecule has 1 aliphatic rings. The first-order valence-electron chi connectivity index (χ1n) is 7.21. The van der Waals surface area contributed by atoms with E-state index in [4.69, 9.17) is 4.74 Å². The van der Waals surface area contributed by atoms with Gasteiger partial charge in [0.2, 0.25) is 0 Å². The average Bonchev–Trinajstić information content (AvgIpc) is 2.46. The van der Waals surface area contributed by atoms with Gasteiger partial charge in [0.25, 0.3) is 16.1 Å². The summed E-state index contributed by atoms with van der Waals surface area (Å²) in [6.07, 6.45) is 0. The van der Waals surface area contributed by atoms with Gasteiger partial charge < -0.3 is 10.1 Å². The number of benzene rings is 1. The van der Waals surface area contributed by atoms with Crippen LogP contribution in [0.1, 0.15) is 32.4 Å². The number of hydrogen-bond donors (Lipinski definition) is 2. The molecule has 1 aliphatic heterocycles. The van der Waals surface area contributed by atoms with Crippen molar-refractivity contribution in [2.24, 2.45) is 0 Å². The van der Waals surface area contributed by atoms with Crippen molar-refractivity contribution in [3.63, 3.8) is 0 Å². The standard InChI is InChI=1S/C14H21N3O4S/c1-4-17(5-2)22(19,20)16-10(3)11-6-7-13-12(8-11)15-14(18)9-21-13/h6-8,10,16H,4-5,9H2,1-3H3,(H,15,18)/t10-/m0/s1. The summed E-state index contributed by atoms with van der Waals surface area (Å²) in [5, 5.41) is 2.71. The normalized spacial score (nSPS) is 15.9. The molecule has 0 unspecified atom stereocenters. The molecule has 1 atom stereocenters. The van der Waals surface area contributed by atoms with E-state index in [1.165, 1.54) is 4.31 Å². The van der Waals surface area contributed by atoms with Crippen molar-refractivity contribution >= 4 is 21.8 Å². The number of amides is 1. The van der Waals surface area contributed by atoms with E-state index in [-0.39, 0.29) is 12.5 Å². The van der Waals surface area contributed by atoms with E-state index in [9.17, 15) is 13.2 Å². The van der Waals surface area contributed by atoms with Crippen LogP contribution in [0.2, 0.25) is 0 Å². The second-order valence-corrected chi connectivity index (χ2v) is 6.72. The molecule has 122 valence electrons. The Morgan fingerprint density at radius 2 is 2.05 bits per heavy atom. The number of hydrogen-bond acceptors (Lipinski definition) is 4. The zero-order chi connectivity index (χ0) is 16.3. The Balaban J connectivity index is 2.18. The Kier molecular flexibility index (Phi) is 5.05. The number of nitrogens with zero attached hydrogens (tertiary/aromatic N) is 1. The van der Waals surface area contributed by atoms with Crippen molar-refractivity contribution in [2.75, 3.05) is 25.0 Å². The molecular weight excluding hydrogens is 306 g/mol. The van der Waals surface area contributed by atoms with Crippen LogP contribution in [0, 0.1) is 0 Å². The Hall–Kier alpha value is -1.64. The molecule has 0 saturated heterocycles. The molecule has 8 heteroatoms. The lowest BCUT2D eigenvalue weighted by molar-refractivity contribution is -0.118. The van der Waals surface area contributed by atoms with Gasteiger partial charge in [0, 0.05) is 19.1 Å². The first-order valence-corrected chi connectivity index (χ1v) is 8.65. The second-order valence-electron chi connectivity index (χ2n) is 5.02. The Labute approximate surface area is 130 Å². The fraction of sp³-hybridized carbons (Fsp3) is 0.500. The zero-order valence-electron chi connectivity index (χ0n) is 12.9. The van der Waals surface area contributed by atoms with Gasteiger partial charge >= 0.3 is 0 Å². The number of anilines is 1. The molecule has 7 nitrogen and oxygen atoms in total. The van der Waals surface area contributed by atoms with Gasteiger partial charge in [-0.15, -0.1) is 0 Å². The van der Waals surface area contributed by atoms with Gasteiger partial charge in [-0.05, 0) is 24.6 Å². The second kappa shape index (κ2) is 6.64. The van der Waals surface area contributed by atoms with Crippen molar-refractivity contribution in [1.29, 1.82) is 0 Å². The van der Waals surface area contributed by atoms with E-state index < -0.39 is 16.3 Å². The molecule has 22 heavy (non-hydrogen) atoms. The van der Waals surface area contributed by atoms with Crippen molar-refractivity contribution in [1.82, 2.24) is 9.03 Å². The highest BCUT2D eigenvalue weighted by molar-refractivity contribution is 7.87. The lowest BCUT2D eigenvalue weighted by atomic mass is 10.1. The Morgan fingerprint density at radius 1 is 1.36 bits per heavy atom. The molecule has 2 N–H and O–H groups in total. The molecule has 0 aliphatic carbocycles. The molecule has 1 heterocycles. The monoisotopic (exact) mass is 327 g/mol. The third-order valence-corrected chi connectivity index (χ3v) is 5.36. The van der Waals surface area contributed by atoms with E-state index in [1.807, 2.05) is 0 Å². The van der Waals surface area contributed by atoms with Crippen LogP contribution in [0.4, 0.5) is 5.69 Å². The Morgan fingerprint density at radius 3 is 2.68 bits per heavy atom. The molecule has 1 amide bonds. The first-order chi connectivity index (χ1) is 10.4. The summed E-state index contributed by atoms with van der Waals surface area (Å²) < 4.78 is 33.8. The minimum atomic E-state index is -3.54. The van der Waals surface area contributed by atoms with Crippen LogP contribution in [0.25, 0.3) is 0 Å². The predicted molar refractivity (Wildman–Crippen MR) is 84.0 cm³/mol. The van der Waals surface area contributed by atoms with Gasteiger partial charge in [-0.1, -0.05) is 19.9 Å². The van der Waals surface area contributed by atoms with Crippen molar-refractivity contribution in [3.05, 3.63) is 23.8 Å². The number of carbonyl (C=O) groups is 1. The summed E-state index contributed by atoms with van der Waals surface area (Å²) in [4.78, 5) is 11.3. The van der Waals surface area contributed by atoms with Gasteiger partial charge in [-0.3, -0.25) is 4.79 Å². The first kappa shape index (κ1) is 16.7. The van der Waals surface area contributed by atoms with Gasteiger partial charge in [0.15, 0.2) is 6.61 Å². The molecule has 0 spiro atoms. The summed E-state index contributed by atoms with van der Waals surface area (Å²) in [5.74, 6) is 0.364. The lowest BCUT2D eigenvalue weighted by Gasteiger charge is -2.24. The maximum absolute atomic E-state index is 12.2. The molecular formula is C14H21N3O4S. The van der Waals surface area contributed by atoms with Crippen molar-refractivity contribution in [2.45, 2.75) is 26.8 Å². The van der Waals surface area contributed by atoms with Gasteiger partial charge in [0.05, 0.1) is 5.69 Å². The molecule has 0 aromatic heterocycles. The van der Waals surface area contributed by atoms with Crippen LogP contribution in [0.3, 0.4) is 0 Å². The number of rotatable bonds is 6. The Bertz CT molecular complexity index is 656. The molecule has 0 fully saturated rings. The summed E-state index contributed by atoms with van der Waals surface area (Å²) >= 11 is 0. The van der Waals surface area contributed by atoms with Gasteiger partial charge in [-0.25, -0.2) is 0 Å². The summed E-state index contributed by atoms with van der Waals surface area (Å²) in [5.41, 5.74) is 1.31. The quantitative estimate of drug-likeness (QED) is 0.823. The zero-order valence-corrected chi connectivity index (χ0v) is 13.7. The van der Waals surface area contributed by atoms with E-state index in [2.05, 4.69) is 10.0 Å². The summed E-state index contributed by atoms with van der Waals surface area (Å²) in [7, 11) is -3.54. The smallest absolute Gasteiger partial charge is 0.279 e. The van der Waals surface area contributed by atoms with Crippen LogP contribution in [0.5, 0.6) is 5.75 Å². The van der Waals surface area contributed by atoms with E-state index in [0.29, 0.717) is 24.5 Å².